The summed E-state index contributed by atoms with van der Waals surface area (Å²) in [5.41, 5.74) is 3.03. The minimum absolute atomic E-state index is 0.863. The molecule has 0 aliphatic rings. The van der Waals surface area contributed by atoms with E-state index in [1.807, 2.05) is 42.5 Å². The fraction of sp³-hybridized carbons (Fsp3) is 0.0714. The van der Waals surface area contributed by atoms with Crippen LogP contribution >= 0.6 is 11.3 Å². The van der Waals surface area contributed by atoms with Crippen molar-refractivity contribution in [1.29, 1.82) is 0 Å². The molecule has 2 aromatic carbocycles. The van der Waals surface area contributed by atoms with Gasteiger partial charge in [0.25, 0.3) is 0 Å². The van der Waals surface area contributed by atoms with Crippen molar-refractivity contribution >= 4 is 27.2 Å². The van der Waals surface area contributed by atoms with E-state index in [2.05, 4.69) is 21.3 Å². The van der Waals surface area contributed by atoms with Crippen molar-refractivity contribution in [3.8, 4) is 10.6 Å². The molecule has 0 N–H and O–H groups in total. The molecule has 18 heavy (non-hydrogen) atoms. The highest BCUT2D eigenvalue weighted by molar-refractivity contribution is 7.21. The Morgan fingerprint density at radius 1 is 1.00 bits per heavy atom. The molecule has 88 valence electrons. The van der Waals surface area contributed by atoms with Crippen LogP contribution in [-0.2, 0) is 0 Å². The van der Waals surface area contributed by atoms with E-state index in [0.717, 1.165) is 21.8 Å². The summed E-state index contributed by atoms with van der Waals surface area (Å²) in [5.74, 6) is 0. The van der Waals surface area contributed by atoms with Crippen molar-refractivity contribution < 1.29 is 0 Å². The first-order valence-corrected chi connectivity index (χ1v) is 6.44. The summed E-state index contributed by atoms with van der Waals surface area (Å²) in [6.45, 7) is 0. The van der Waals surface area contributed by atoms with Gasteiger partial charge >= 0.3 is 0 Å². The molecule has 0 unspecified atom stereocenters. The number of hydrogen-bond acceptors (Lipinski definition) is 4. The molecule has 0 atom stereocenters. The monoisotopic (exact) mass is 253 g/mol. The van der Waals surface area contributed by atoms with E-state index < -0.39 is 0 Å². The lowest BCUT2D eigenvalue weighted by atomic mass is 10.2. The largest absolute Gasteiger partial charge is 0.236 e. The maximum absolute atomic E-state index is 4.62. The van der Waals surface area contributed by atoms with E-state index in [0.29, 0.717) is 0 Å². The predicted molar refractivity (Wildman–Crippen MR) is 75.5 cm³/mol. The third-order valence-electron chi connectivity index (χ3n) is 2.62. The average Bonchev–Trinajstić information content (AvgIpc) is 2.84. The van der Waals surface area contributed by atoms with E-state index in [9.17, 15) is 0 Å². The topological polar surface area (TPSA) is 37.6 Å². The second-order valence-electron chi connectivity index (χ2n) is 3.83. The van der Waals surface area contributed by atoms with Crippen LogP contribution in [0.15, 0.2) is 58.8 Å². The van der Waals surface area contributed by atoms with Gasteiger partial charge in [-0.1, -0.05) is 12.1 Å². The highest BCUT2D eigenvalue weighted by Crippen LogP contribution is 2.30. The normalized spacial score (nSPS) is 11.4. The second-order valence-corrected chi connectivity index (χ2v) is 4.86. The lowest BCUT2D eigenvalue weighted by Crippen LogP contribution is -1.74. The summed E-state index contributed by atoms with van der Waals surface area (Å²) >= 11 is 1.70. The molecule has 0 radical (unpaired) electrons. The number of rotatable bonds is 2. The van der Waals surface area contributed by atoms with Crippen molar-refractivity contribution in [2.75, 3.05) is 7.05 Å². The average molecular weight is 253 g/mol. The van der Waals surface area contributed by atoms with Gasteiger partial charge in [0, 0.05) is 12.6 Å². The Labute approximate surface area is 109 Å². The highest BCUT2D eigenvalue weighted by atomic mass is 32.1. The van der Waals surface area contributed by atoms with E-state index >= 15 is 0 Å². The fourth-order valence-corrected chi connectivity index (χ4v) is 2.75. The van der Waals surface area contributed by atoms with Crippen LogP contribution in [0.3, 0.4) is 0 Å². The standard InChI is InChI=1S/C14H11N3S/c1-15-17-11-8-6-10(7-9-11)14-16-12-4-2-3-5-13(12)18-14/h2-9H,1H3. The SMILES string of the molecule is CN=Nc1ccc(-c2nc3ccccc3s2)cc1. The minimum Gasteiger partial charge on any atom is -0.236 e. The van der Waals surface area contributed by atoms with Crippen LogP contribution in [0.5, 0.6) is 0 Å². The lowest BCUT2D eigenvalue weighted by molar-refractivity contribution is 1.17. The van der Waals surface area contributed by atoms with Crippen molar-refractivity contribution in [2.24, 2.45) is 10.2 Å². The number of aromatic nitrogens is 1. The van der Waals surface area contributed by atoms with E-state index in [4.69, 9.17) is 0 Å². The van der Waals surface area contributed by atoms with Gasteiger partial charge in [0.15, 0.2) is 0 Å². The van der Waals surface area contributed by atoms with Gasteiger partial charge in [0.05, 0.1) is 15.9 Å². The highest BCUT2D eigenvalue weighted by Gasteiger charge is 2.05. The minimum atomic E-state index is 0.863. The molecule has 3 aromatic rings. The molecule has 0 spiro atoms. The molecule has 0 saturated heterocycles. The first-order valence-electron chi connectivity index (χ1n) is 5.62. The van der Waals surface area contributed by atoms with Gasteiger partial charge in [-0.3, -0.25) is 0 Å². The molecule has 0 amide bonds. The van der Waals surface area contributed by atoms with Crippen molar-refractivity contribution in [3.05, 3.63) is 48.5 Å². The first kappa shape index (κ1) is 11.0. The molecule has 0 aliphatic heterocycles. The number of thiazole rings is 1. The number of nitrogens with zero attached hydrogens (tertiary/aromatic N) is 3. The molecule has 0 aliphatic carbocycles. The third-order valence-corrected chi connectivity index (χ3v) is 3.71. The van der Waals surface area contributed by atoms with E-state index in [1.165, 1.54) is 4.70 Å². The Kier molecular flexibility index (Phi) is 2.86. The summed E-state index contributed by atoms with van der Waals surface area (Å²) in [6, 6.07) is 16.1. The number of fused-ring (bicyclic) bond motifs is 1. The van der Waals surface area contributed by atoms with E-state index in [1.54, 1.807) is 18.4 Å². The molecule has 0 fully saturated rings. The molecule has 3 rings (SSSR count). The molecule has 0 saturated carbocycles. The molecule has 4 heteroatoms. The van der Waals surface area contributed by atoms with Crippen molar-refractivity contribution in [1.82, 2.24) is 4.98 Å². The molecule has 3 nitrogen and oxygen atoms in total. The predicted octanol–water partition coefficient (Wildman–Crippen LogP) is 4.68. The number of azo groups is 1. The zero-order chi connectivity index (χ0) is 12.4. The van der Waals surface area contributed by atoms with Crippen LogP contribution in [0.2, 0.25) is 0 Å². The Morgan fingerprint density at radius 3 is 2.50 bits per heavy atom. The Balaban J connectivity index is 2.03. The van der Waals surface area contributed by atoms with Gasteiger partial charge in [0.1, 0.15) is 5.01 Å². The number of benzene rings is 2. The molecular weight excluding hydrogens is 242 g/mol. The van der Waals surface area contributed by atoms with Crippen molar-refractivity contribution in [2.45, 2.75) is 0 Å². The van der Waals surface area contributed by atoms with Crippen LogP contribution in [0, 0.1) is 0 Å². The van der Waals surface area contributed by atoms with Crippen LogP contribution in [0.1, 0.15) is 0 Å². The van der Waals surface area contributed by atoms with Gasteiger partial charge in [-0.15, -0.1) is 11.3 Å². The van der Waals surface area contributed by atoms with Crippen LogP contribution in [0.4, 0.5) is 5.69 Å². The summed E-state index contributed by atoms with van der Waals surface area (Å²) < 4.78 is 1.21. The van der Waals surface area contributed by atoms with Crippen LogP contribution < -0.4 is 0 Å². The summed E-state index contributed by atoms with van der Waals surface area (Å²) in [5, 5.41) is 8.79. The van der Waals surface area contributed by atoms with Crippen LogP contribution in [0.25, 0.3) is 20.8 Å². The Morgan fingerprint density at radius 2 is 1.78 bits per heavy atom. The number of para-hydroxylation sites is 1. The summed E-state index contributed by atoms with van der Waals surface area (Å²) in [4.78, 5) is 4.62. The Hall–Kier alpha value is -2.07. The van der Waals surface area contributed by atoms with Gasteiger partial charge < -0.3 is 0 Å². The Bertz CT molecular complexity index is 665. The summed E-state index contributed by atoms with van der Waals surface area (Å²) in [7, 11) is 1.67. The number of hydrogen-bond donors (Lipinski definition) is 0. The van der Waals surface area contributed by atoms with Crippen molar-refractivity contribution in [3.63, 3.8) is 0 Å². The molecule has 1 aromatic heterocycles. The zero-order valence-electron chi connectivity index (χ0n) is 9.87. The quantitative estimate of drug-likeness (QED) is 0.611. The molecule has 1 heterocycles. The van der Waals surface area contributed by atoms with E-state index in [-0.39, 0.29) is 0 Å². The maximum atomic E-state index is 4.62. The van der Waals surface area contributed by atoms with Gasteiger partial charge in [-0.25, -0.2) is 4.98 Å². The maximum Gasteiger partial charge on any atom is 0.124 e. The zero-order valence-corrected chi connectivity index (χ0v) is 10.7. The second kappa shape index (κ2) is 4.66. The summed E-state index contributed by atoms with van der Waals surface area (Å²) in [6.07, 6.45) is 0. The van der Waals surface area contributed by atoms with Gasteiger partial charge in [-0.05, 0) is 36.4 Å². The molecule has 0 bridgehead atoms. The smallest absolute Gasteiger partial charge is 0.124 e. The fourth-order valence-electron chi connectivity index (χ4n) is 1.78. The van der Waals surface area contributed by atoms with Gasteiger partial charge in [0.2, 0.25) is 0 Å². The lowest BCUT2D eigenvalue weighted by Gasteiger charge is -1.95. The first-order chi connectivity index (χ1) is 8.86. The van der Waals surface area contributed by atoms with Gasteiger partial charge in [-0.2, -0.15) is 10.2 Å². The van der Waals surface area contributed by atoms with Crippen LogP contribution in [-0.4, -0.2) is 12.0 Å². The third kappa shape index (κ3) is 2.02. The molecular formula is C14H11N3S.